The number of aromatic nitrogens is 2. The average molecular weight is 407 g/mol. The van der Waals surface area contributed by atoms with Crippen LogP contribution in [0.4, 0.5) is 14.6 Å². The number of carbonyl (C=O) groups excluding carboxylic acids is 1. The van der Waals surface area contributed by atoms with E-state index in [0.717, 1.165) is 23.0 Å². The number of rotatable bonds is 6. The molecule has 0 spiro atoms. The van der Waals surface area contributed by atoms with E-state index in [1.165, 1.54) is 24.3 Å². The summed E-state index contributed by atoms with van der Waals surface area (Å²) in [4.78, 5) is 12.6. The van der Waals surface area contributed by atoms with Crippen LogP contribution in [0.1, 0.15) is 15.9 Å². The molecule has 0 saturated carbocycles. The maximum absolute atomic E-state index is 14.0. The fourth-order valence-electron chi connectivity index (χ4n) is 2.60. The topological polar surface area (TPSA) is 115 Å². The van der Waals surface area contributed by atoms with Gasteiger partial charge < -0.3 is 10.8 Å². The molecule has 0 bridgehead atoms. The van der Waals surface area contributed by atoms with Crippen molar-refractivity contribution in [3.63, 3.8) is 0 Å². The third-order valence-electron chi connectivity index (χ3n) is 4.00. The highest BCUT2D eigenvalue weighted by atomic mass is 32.2. The van der Waals surface area contributed by atoms with E-state index < -0.39 is 39.6 Å². The van der Waals surface area contributed by atoms with Crippen molar-refractivity contribution >= 4 is 21.4 Å². The summed E-state index contributed by atoms with van der Waals surface area (Å²) < 4.78 is 52.2. The molecule has 1 heterocycles. The number of benzene rings is 2. The van der Waals surface area contributed by atoms with Crippen molar-refractivity contribution in [3.05, 3.63) is 71.4 Å². The van der Waals surface area contributed by atoms with Gasteiger partial charge >= 0.3 is 0 Å². The molecule has 0 amide bonds. The second kappa shape index (κ2) is 7.49. The van der Waals surface area contributed by atoms with Gasteiger partial charge in [0.05, 0.1) is 29.0 Å². The minimum atomic E-state index is -3.75. The van der Waals surface area contributed by atoms with E-state index in [2.05, 4.69) is 5.10 Å². The molecular formula is C18H15F2N3O4S. The quantitative estimate of drug-likeness (QED) is 0.602. The van der Waals surface area contributed by atoms with E-state index in [9.17, 15) is 22.0 Å². The number of aliphatic hydroxyl groups is 1. The SMILES string of the molecule is Nc1c(C(=O)c2cccc(S(=O)(=O)CCO)c2)cnn1-c1ccc(F)cc1F. The van der Waals surface area contributed by atoms with Gasteiger partial charge in [0.15, 0.2) is 21.4 Å². The summed E-state index contributed by atoms with van der Waals surface area (Å²) in [5, 5.41) is 12.8. The molecule has 1 aromatic heterocycles. The fraction of sp³-hybridized carbons (Fsp3) is 0.111. The van der Waals surface area contributed by atoms with Crippen LogP contribution in [0.25, 0.3) is 5.69 Å². The molecule has 0 fully saturated rings. The number of anilines is 1. The van der Waals surface area contributed by atoms with Crippen LogP contribution in [0.15, 0.2) is 53.6 Å². The highest BCUT2D eigenvalue weighted by molar-refractivity contribution is 7.91. The standard InChI is InChI=1S/C18H15F2N3O4S/c19-12-4-5-16(15(20)9-12)23-18(21)14(10-22-23)17(25)11-2-1-3-13(8-11)28(26,27)7-6-24/h1-5,8-10,24H,6-7,21H2. The minimum Gasteiger partial charge on any atom is -0.395 e. The zero-order valence-corrected chi connectivity index (χ0v) is 15.2. The third kappa shape index (κ3) is 3.64. The summed E-state index contributed by atoms with van der Waals surface area (Å²) >= 11 is 0. The number of nitrogens with two attached hydrogens (primary N) is 1. The van der Waals surface area contributed by atoms with Gasteiger partial charge in [-0.05, 0) is 24.3 Å². The molecule has 2 aromatic carbocycles. The van der Waals surface area contributed by atoms with Crippen molar-refractivity contribution < 1.29 is 27.1 Å². The Morgan fingerprint density at radius 2 is 1.93 bits per heavy atom. The number of hydrogen-bond donors (Lipinski definition) is 2. The maximum atomic E-state index is 14.0. The van der Waals surface area contributed by atoms with Crippen LogP contribution in [-0.2, 0) is 9.84 Å². The Hall–Kier alpha value is -3.11. The molecule has 10 heteroatoms. The third-order valence-corrected chi connectivity index (χ3v) is 5.70. The molecule has 3 rings (SSSR count). The van der Waals surface area contributed by atoms with Crippen LogP contribution in [0.3, 0.4) is 0 Å². The molecule has 3 aromatic rings. The summed E-state index contributed by atoms with van der Waals surface area (Å²) in [6.07, 6.45) is 1.12. The number of nitrogen functional groups attached to an aromatic ring is 1. The Morgan fingerprint density at radius 1 is 1.18 bits per heavy atom. The molecule has 0 unspecified atom stereocenters. The molecule has 0 radical (unpaired) electrons. The van der Waals surface area contributed by atoms with Crippen LogP contribution in [0.2, 0.25) is 0 Å². The molecule has 28 heavy (non-hydrogen) atoms. The first-order chi connectivity index (χ1) is 13.2. The van der Waals surface area contributed by atoms with Crippen LogP contribution in [0.5, 0.6) is 0 Å². The highest BCUT2D eigenvalue weighted by Crippen LogP contribution is 2.23. The second-order valence-electron chi connectivity index (χ2n) is 5.85. The van der Waals surface area contributed by atoms with Gasteiger partial charge in [0.1, 0.15) is 17.3 Å². The van der Waals surface area contributed by atoms with E-state index in [-0.39, 0.29) is 27.5 Å². The van der Waals surface area contributed by atoms with Crippen LogP contribution in [-0.4, -0.2) is 41.4 Å². The summed E-state index contributed by atoms with van der Waals surface area (Å²) in [5.74, 6) is -2.96. The lowest BCUT2D eigenvalue weighted by atomic mass is 10.1. The van der Waals surface area contributed by atoms with Crippen molar-refractivity contribution in [2.24, 2.45) is 0 Å². The number of hydrogen-bond acceptors (Lipinski definition) is 6. The number of sulfone groups is 1. The summed E-state index contributed by atoms with van der Waals surface area (Å²) in [6, 6.07) is 8.08. The molecule has 3 N–H and O–H groups in total. The smallest absolute Gasteiger partial charge is 0.198 e. The van der Waals surface area contributed by atoms with Gasteiger partial charge in [0, 0.05) is 11.6 Å². The normalized spacial score (nSPS) is 11.5. The number of ketones is 1. The molecule has 0 saturated heterocycles. The highest BCUT2D eigenvalue weighted by Gasteiger charge is 2.21. The summed E-state index contributed by atoms with van der Waals surface area (Å²) in [5.41, 5.74) is 5.74. The number of nitrogens with zero attached hydrogens (tertiary/aromatic N) is 2. The van der Waals surface area contributed by atoms with Crippen molar-refractivity contribution in [2.75, 3.05) is 18.1 Å². The van der Waals surface area contributed by atoms with E-state index >= 15 is 0 Å². The largest absolute Gasteiger partial charge is 0.395 e. The lowest BCUT2D eigenvalue weighted by Crippen LogP contribution is -2.12. The van der Waals surface area contributed by atoms with Crippen molar-refractivity contribution in [1.29, 1.82) is 0 Å². The predicted molar refractivity (Wildman–Crippen MR) is 96.9 cm³/mol. The van der Waals surface area contributed by atoms with Gasteiger partial charge in [-0.2, -0.15) is 5.10 Å². The maximum Gasteiger partial charge on any atom is 0.198 e. The number of halogens is 2. The number of carbonyl (C=O) groups is 1. The molecule has 146 valence electrons. The first-order valence-electron chi connectivity index (χ1n) is 8.02. The zero-order chi connectivity index (χ0) is 20.5. The van der Waals surface area contributed by atoms with Gasteiger partial charge in [-0.1, -0.05) is 12.1 Å². The van der Waals surface area contributed by atoms with Crippen LogP contribution >= 0.6 is 0 Å². The lowest BCUT2D eigenvalue weighted by Gasteiger charge is -2.07. The summed E-state index contributed by atoms with van der Waals surface area (Å²) in [7, 11) is -3.75. The molecule has 0 aliphatic rings. The Kier molecular flexibility index (Phi) is 5.25. The van der Waals surface area contributed by atoms with E-state index in [4.69, 9.17) is 10.8 Å². The minimum absolute atomic E-state index is 0.0323. The van der Waals surface area contributed by atoms with Crippen molar-refractivity contribution in [2.45, 2.75) is 4.90 Å². The van der Waals surface area contributed by atoms with Crippen LogP contribution in [0, 0.1) is 11.6 Å². The molecule has 0 aliphatic heterocycles. The van der Waals surface area contributed by atoms with Gasteiger partial charge in [-0.25, -0.2) is 21.9 Å². The molecule has 0 atom stereocenters. The average Bonchev–Trinajstić information content (AvgIpc) is 3.02. The van der Waals surface area contributed by atoms with Gasteiger partial charge in [-0.3, -0.25) is 4.79 Å². The zero-order valence-electron chi connectivity index (χ0n) is 14.3. The van der Waals surface area contributed by atoms with Crippen molar-refractivity contribution in [3.8, 4) is 5.69 Å². The van der Waals surface area contributed by atoms with E-state index in [1.54, 1.807) is 0 Å². The predicted octanol–water partition coefficient (Wildman–Crippen LogP) is 1.73. The molecule has 0 aliphatic carbocycles. The van der Waals surface area contributed by atoms with Gasteiger partial charge in [-0.15, -0.1) is 0 Å². The van der Waals surface area contributed by atoms with Crippen LogP contribution < -0.4 is 5.73 Å². The first kappa shape index (κ1) is 19.6. The Bertz CT molecular complexity index is 1160. The van der Waals surface area contributed by atoms with E-state index in [0.29, 0.717) is 6.07 Å². The van der Waals surface area contributed by atoms with E-state index in [1.807, 2.05) is 0 Å². The monoisotopic (exact) mass is 407 g/mol. The van der Waals surface area contributed by atoms with Gasteiger partial charge in [0.25, 0.3) is 0 Å². The summed E-state index contributed by atoms with van der Waals surface area (Å²) in [6.45, 7) is -0.552. The molecule has 7 nitrogen and oxygen atoms in total. The van der Waals surface area contributed by atoms with Gasteiger partial charge in [0.2, 0.25) is 0 Å². The lowest BCUT2D eigenvalue weighted by molar-refractivity contribution is 0.103. The number of aliphatic hydroxyl groups excluding tert-OH is 1. The fourth-order valence-corrected chi connectivity index (χ4v) is 3.67. The second-order valence-corrected chi connectivity index (χ2v) is 7.96. The Labute approximate surface area is 158 Å². The van der Waals surface area contributed by atoms with Crippen molar-refractivity contribution in [1.82, 2.24) is 9.78 Å². The molecular weight excluding hydrogens is 392 g/mol. The Balaban J connectivity index is 2.00. The first-order valence-corrected chi connectivity index (χ1v) is 9.67. The Morgan fingerprint density at radius 3 is 2.61 bits per heavy atom.